The summed E-state index contributed by atoms with van der Waals surface area (Å²) in [4.78, 5) is 0. The van der Waals surface area contributed by atoms with Gasteiger partial charge in [0, 0.05) is 11.1 Å². The molecule has 0 radical (unpaired) electrons. The predicted molar refractivity (Wildman–Crippen MR) is 56.8 cm³/mol. The standard InChI is InChI=1S/C10H13BrO3/c11-8-4-2-1-3-7(8)10(14)9(13)5-6-12/h1-4,9-10,12-14H,5-6H2. The highest BCUT2D eigenvalue weighted by molar-refractivity contribution is 9.10. The molecule has 14 heavy (non-hydrogen) atoms. The van der Waals surface area contributed by atoms with E-state index in [1.807, 2.05) is 6.07 Å². The number of hydrogen-bond donors (Lipinski definition) is 3. The van der Waals surface area contributed by atoms with Gasteiger partial charge in [0.15, 0.2) is 0 Å². The lowest BCUT2D eigenvalue weighted by molar-refractivity contribution is 0.00384. The minimum atomic E-state index is -0.960. The molecule has 4 heteroatoms. The first-order valence-corrected chi connectivity index (χ1v) is 5.17. The molecular weight excluding hydrogens is 248 g/mol. The van der Waals surface area contributed by atoms with Crippen molar-refractivity contribution < 1.29 is 15.3 Å². The highest BCUT2D eigenvalue weighted by Crippen LogP contribution is 2.26. The molecule has 2 unspecified atom stereocenters. The normalized spacial score (nSPS) is 15.1. The van der Waals surface area contributed by atoms with Gasteiger partial charge in [0.25, 0.3) is 0 Å². The van der Waals surface area contributed by atoms with Gasteiger partial charge in [-0.1, -0.05) is 34.1 Å². The van der Waals surface area contributed by atoms with Gasteiger partial charge in [-0.15, -0.1) is 0 Å². The summed E-state index contributed by atoms with van der Waals surface area (Å²) in [5.41, 5.74) is 0.633. The summed E-state index contributed by atoms with van der Waals surface area (Å²) >= 11 is 3.28. The molecule has 0 saturated carbocycles. The quantitative estimate of drug-likeness (QED) is 0.763. The fraction of sp³-hybridized carbons (Fsp3) is 0.400. The van der Waals surface area contributed by atoms with Gasteiger partial charge in [0.05, 0.1) is 6.10 Å². The van der Waals surface area contributed by atoms with Crippen LogP contribution >= 0.6 is 15.9 Å². The van der Waals surface area contributed by atoms with Crippen LogP contribution in [0.25, 0.3) is 0 Å². The van der Waals surface area contributed by atoms with Crippen molar-refractivity contribution in [2.75, 3.05) is 6.61 Å². The first-order valence-electron chi connectivity index (χ1n) is 4.38. The first kappa shape index (κ1) is 11.7. The topological polar surface area (TPSA) is 60.7 Å². The van der Waals surface area contributed by atoms with Gasteiger partial charge in [0.2, 0.25) is 0 Å². The van der Waals surface area contributed by atoms with E-state index in [2.05, 4.69) is 15.9 Å². The zero-order valence-electron chi connectivity index (χ0n) is 7.60. The Bertz CT molecular complexity index is 290. The van der Waals surface area contributed by atoms with Crippen molar-refractivity contribution >= 4 is 15.9 Å². The summed E-state index contributed by atoms with van der Waals surface area (Å²) < 4.78 is 0.754. The average molecular weight is 261 g/mol. The first-order chi connectivity index (χ1) is 6.66. The number of aliphatic hydroxyl groups is 3. The lowest BCUT2D eigenvalue weighted by Crippen LogP contribution is -2.19. The van der Waals surface area contributed by atoms with E-state index in [4.69, 9.17) is 5.11 Å². The van der Waals surface area contributed by atoms with Gasteiger partial charge in [0.1, 0.15) is 6.10 Å². The summed E-state index contributed by atoms with van der Waals surface area (Å²) in [6, 6.07) is 7.15. The number of rotatable bonds is 4. The maximum atomic E-state index is 9.71. The molecular formula is C10H13BrO3. The fourth-order valence-corrected chi connectivity index (χ4v) is 1.73. The summed E-state index contributed by atoms with van der Waals surface area (Å²) in [6.45, 7) is -0.136. The molecule has 0 bridgehead atoms. The third kappa shape index (κ3) is 2.78. The molecule has 2 atom stereocenters. The predicted octanol–water partition coefficient (Wildman–Crippen LogP) is 1.23. The molecule has 0 aliphatic heterocycles. The molecule has 1 aromatic rings. The van der Waals surface area contributed by atoms with Crippen LogP contribution in [0.2, 0.25) is 0 Å². The second kappa shape index (κ2) is 5.46. The Kier molecular flexibility index (Phi) is 4.54. The molecule has 0 heterocycles. The molecule has 1 aromatic carbocycles. The van der Waals surface area contributed by atoms with Crippen LogP contribution in [-0.2, 0) is 0 Å². The van der Waals surface area contributed by atoms with Crippen LogP contribution < -0.4 is 0 Å². The lowest BCUT2D eigenvalue weighted by Gasteiger charge is -2.18. The minimum absolute atomic E-state index is 0.136. The molecule has 3 nitrogen and oxygen atoms in total. The van der Waals surface area contributed by atoms with Crippen molar-refractivity contribution in [2.45, 2.75) is 18.6 Å². The van der Waals surface area contributed by atoms with Gasteiger partial charge in [-0.05, 0) is 18.1 Å². The Morgan fingerprint density at radius 1 is 1.21 bits per heavy atom. The van der Waals surface area contributed by atoms with Crippen molar-refractivity contribution in [3.8, 4) is 0 Å². The van der Waals surface area contributed by atoms with E-state index >= 15 is 0 Å². The number of aliphatic hydroxyl groups excluding tert-OH is 3. The van der Waals surface area contributed by atoms with E-state index in [-0.39, 0.29) is 13.0 Å². The van der Waals surface area contributed by atoms with Gasteiger partial charge >= 0.3 is 0 Å². The Morgan fingerprint density at radius 2 is 1.86 bits per heavy atom. The van der Waals surface area contributed by atoms with Gasteiger partial charge < -0.3 is 15.3 Å². The summed E-state index contributed by atoms with van der Waals surface area (Å²) in [5.74, 6) is 0. The zero-order chi connectivity index (χ0) is 10.6. The Labute approximate surface area is 91.1 Å². The second-order valence-corrected chi connectivity index (χ2v) is 3.90. The molecule has 0 aliphatic carbocycles. The van der Waals surface area contributed by atoms with Crippen LogP contribution in [0.4, 0.5) is 0 Å². The summed E-state index contributed by atoms with van der Waals surface area (Å²) in [5, 5.41) is 27.8. The highest BCUT2D eigenvalue weighted by atomic mass is 79.9. The molecule has 0 spiro atoms. The van der Waals surface area contributed by atoms with Crippen molar-refractivity contribution in [2.24, 2.45) is 0 Å². The van der Waals surface area contributed by atoms with Crippen LogP contribution in [0.15, 0.2) is 28.7 Å². The Balaban J connectivity index is 2.78. The van der Waals surface area contributed by atoms with E-state index in [1.54, 1.807) is 18.2 Å². The molecule has 0 saturated heterocycles. The number of halogens is 1. The maximum absolute atomic E-state index is 9.71. The van der Waals surface area contributed by atoms with E-state index in [9.17, 15) is 10.2 Å². The largest absolute Gasteiger partial charge is 0.396 e. The molecule has 0 amide bonds. The third-order valence-corrected chi connectivity index (χ3v) is 2.74. The van der Waals surface area contributed by atoms with Crippen LogP contribution in [0.1, 0.15) is 18.1 Å². The van der Waals surface area contributed by atoms with E-state index < -0.39 is 12.2 Å². The smallest absolute Gasteiger partial charge is 0.106 e. The van der Waals surface area contributed by atoms with E-state index in [0.717, 1.165) is 4.47 Å². The number of hydrogen-bond acceptors (Lipinski definition) is 3. The van der Waals surface area contributed by atoms with Crippen LogP contribution in [0, 0.1) is 0 Å². The van der Waals surface area contributed by atoms with E-state index in [0.29, 0.717) is 5.56 Å². The van der Waals surface area contributed by atoms with Crippen LogP contribution in [0.3, 0.4) is 0 Å². The minimum Gasteiger partial charge on any atom is -0.396 e. The second-order valence-electron chi connectivity index (χ2n) is 3.05. The Morgan fingerprint density at radius 3 is 2.43 bits per heavy atom. The highest BCUT2D eigenvalue weighted by Gasteiger charge is 2.19. The maximum Gasteiger partial charge on any atom is 0.106 e. The van der Waals surface area contributed by atoms with E-state index in [1.165, 1.54) is 0 Å². The molecule has 3 N–H and O–H groups in total. The van der Waals surface area contributed by atoms with Gasteiger partial charge in [-0.25, -0.2) is 0 Å². The van der Waals surface area contributed by atoms with Crippen molar-refractivity contribution in [3.05, 3.63) is 34.3 Å². The third-order valence-electron chi connectivity index (χ3n) is 2.01. The Hall–Kier alpha value is -0.420. The molecule has 1 rings (SSSR count). The number of benzene rings is 1. The molecule has 0 fully saturated rings. The van der Waals surface area contributed by atoms with Crippen molar-refractivity contribution in [1.82, 2.24) is 0 Å². The van der Waals surface area contributed by atoms with Gasteiger partial charge in [-0.3, -0.25) is 0 Å². The van der Waals surface area contributed by atoms with Crippen molar-refractivity contribution in [1.29, 1.82) is 0 Å². The summed E-state index contributed by atoms with van der Waals surface area (Å²) in [6.07, 6.45) is -1.72. The molecule has 78 valence electrons. The van der Waals surface area contributed by atoms with Crippen molar-refractivity contribution in [3.63, 3.8) is 0 Å². The van der Waals surface area contributed by atoms with Crippen LogP contribution in [-0.4, -0.2) is 28.0 Å². The van der Waals surface area contributed by atoms with Crippen LogP contribution in [0.5, 0.6) is 0 Å². The molecule has 0 aliphatic rings. The fourth-order valence-electron chi connectivity index (χ4n) is 1.21. The molecule has 0 aromatic heterocycles. The SMILES string of the molecule is OCCC(O)C(O)c1ccccc1Br. The van der Waals surface area contributed by atoms with Gasteiger partial charge in [-0.2, -0.15) is 0 Å². The lowest BCUT2D eigenvalue weighted by atomic mass is 10.0. The monoisotopic (exact) mass is 260 g/mol. The zero-order valence-corrected chi connectivity index (χ0v) is 9.18. The summed E-state index contributed by atoms with van der Waals surface area (Å²) in [7, 11) is 0. The average Bonchev–Trinajstić information content (AvgIpc) is 2.18.